The highest BCUT2D eigenvalue weighted by Crippen LogP contribution is 2.29. The van der Waals surface area contributed by atoms with Crippen molar-refractivity contribution in [2.45, 2.75) is 31.8 Å². The highest BCUT2D eigenvalue weighted by Gasteiger charge is 2.23. The summed E-state index contributed by atoms with van der Waals surface area (Å²) in [6, 6.07) is 15.0. The van der Waals surface area contributed by atoms with Gasteiger partial charge in [-0.2, -0.15) is 0 Å². The average molecular weight is 384 g/mol. The number of nitrogens with one attached hydrogen (secondary N) is 1. The zero-order valence-electron chi connectivity index (χ0n) is 14.5. The molecular formula is C20H18ClN3O3. The van der Waals surface area contributed by atoms with Crippen molar-refractivity contribution in [1.29, 1.82) is 0 Å². The highest BCUT2D eigenvalue weighted by atomic mass is 35.5. The van der Waals surface area contributed by atoms with Crippen LogP contribution >= 0.6 is 11.6 Å². The second-order valence-electron chi connectivity index (χ2n) is 6.55. The van der Waals surface area contributed by atoms with Crippen LogP contribution in [0.25, 0.3) is 11.4 Å². The van der Waals surface area contributed by atoms with E-state index >= 15 is 0 Å². The number of amides is 1. The summed E-state index contributed by atoms with van der Waals surface area (Å²) in [6.45, 7) is -0.179. The Morgan fingerprint density at radius 1 is 1.22 bits per heavy atom. The molecule has 4 rings (SSSR count). The molecule has 0 aliphatic heterocycles. The Balaban J connectivity index is 1.56. The first kappa shape index (κ1) is 17.5. The molecule has 1 N–H and O–H groups in total. The molecular weight excluding hydrogens is 366 g/mol. The third-order valence-electron chi connectivity index (χ3n) is 4.81. The van der Waals surface area contributed by atoms with Gasteiger partial charge in [0.25, 0.3) is 0 Å². The lowest BCUT2D eigenvalue weighted by molar-refractivity contribution is -0.122. The average Bonchev–Trinajstić information content (AvgIpc) is 3.03. The van der Waals surface area contributed by atoms with Gasteiger partial charge in [0.15, 0.2) is 5.82 Å². The molecule has 1 atom stereocenters. The van der Waals surface area contributed by atoms with Crippen LogP contribution in [0.15, 0.2) is 57.8 Å². The van der Waals surface area contributed by atoms with Gasteiger partial charge in [0.2, 0.25) is 5.91 Å². The molecule has 138 valence electrons. The quantitative estimate of drug-likeness (QED) is 0.749. The Morgan fingerprint density at radius 3 is 2.85 bits per heavy atom. The van der Waals surface area contributed by atoms with Crippen molar-refractivity contribution in [3.63, 3.8) is 0 Å². The molecule has 2 aromatic carbocycles. The predicted molar refractivity (Wildman–Crippen MR) is 101 cm³/mol. The molecule has 0 fully saturated rings. The van der Waals surface area contributed by atoms with Crippen LogP contribution in [0.5, 0.6) is 0 Å². The number of aromatic nitrogens is 2. The number of hydrogen-bond donors (Lipinski definition) is 1. The molecule has 0 spiro atoms. The fourth-order valence-electron chi connectivity index (χ4n) is 3.53. The van der Waals surface area contributed by atoms with Gasteiger partial charge in [-0.1, -0.05) is 53.2 Å². The predicted octanol–water partition coefficient (Wildman–Crippen LogP) is 3.35. The molecule has 1 heterocycles. The maximum atomic E-state index is 12.6. The standard InChI is InChI=1S/C20H18ClN3O3/c21-16-10-4-3-9-15(16)19-23-27-20(26)24(19)12-18(25)22-17-11-5-7-13-6-1-2-8-14(13)17/h1-4,6,8-10,17H,5,7,11-12H2,(H,22,25). The van der Waals surface area contributed by atoms with E-state index in [0.29, 0.717) is 10.6 Å². The first-order valence-electron chi connectivity index (χ1n) is 8.82. The van der Waals surface area contributed by atoms with E-state index in [-0.39, 0.29) is 24.3 Å². The minimum absolute atomic E-state index is 0.0539. The lowest BCUT2D eigenvalue weighted by Gasteiger charge is -2.26. The molecule has 1 aliphatic rings. The van der Waals surface area contributed by atoms with E-state index in [1.54, 1.807) is 24.3 Å². The van der Waals surface area contributed by atoms with Crippen molar-refractivity contribution in [1.82, 2.24) is 15.0 Å². The lowest BCUT2D eigenvalue weighted by atomic mass is 9.88. The second-order valence-corrected chi connectivity index (χ2v) is 6.96. The maximum Gasteiger partial charge on any atom is 0.442 e. The first-order valence-corrected chi connectivity index (χ1v) is 9.20. The van der Waals surface area contributed by atoms with Gasteiger partial charge in [0, 0.05) is 5.56 Å². The molecule has 3 aromatic rings. The summed E-state index contributed by atoms with van der Waals surface area (Å²) in [5, 5.41) is 7.26. The van der Waals surface area contributed by atoms with Gasteiger partial charge in [-0.25, -0.2) is 9.36 Å². The summed E-state index contributed by atoms with van der Waals surface area (Å²) >= 11 is 6.19. The Kier molecular flexibility index (Phi) is 4.81. The SMILES string of the molecule is O=C(Cn1c(-c2ccccc2Cl)noc1=O)NC1CCCc2ccccc21. The van der Waals surface area contributed by atoms with Crippen molar-refractivity contribution >= 4 is 17.5 Å². The van der Waals surface area contributed by atoms with E-state index < -0.39 is 5.76 Å². The van der Waals surface area contributed by atoms with Crippen LogP contribution in [0.3, 0.4) is 0 Å². The van der Waals surface area contributed by atoms with Gasteiger partial charge < -0.3 is 5.32 Å². The Labute approximate surface area is 160 Å². The van der Waals surface area contributed by atoms with Gasteiger partial charge in [0.1, 0.15) is 6.54 Å². The van der Waals surface area contributed by atoms with Gasteiger partial charge in [-0.15, -0.1) is 0 Å². The number of carbonyl (C=O) groups is 1. The molecule has 0 saturated carbocycles. The number of benzene rings is 2. The molecule has 1 amide bonds. The van der Waals surface area contributed by atoms with E-state index in [4.69, 9.17) is 16.1 Å². The molecule has 0 saturated heterocycles. The van der Waals surface area contributed by atoms with Crippen molar-refractivity contribution < 1.29 is 9.32 Å². The summed E-state index contributed by atoms with van der Waals surface area (Å²) in [5.74, 6) is -0.718. The van der Waals surface area contributed by atoms with Crippen molar-refractivity contribution in [2.75, 3.05) is 0 Å². The van der Waals surface area contributed by atoms with Gasteiger partial charge in [-0.3, -0.25) is 9.32 Å². The van der Waals surface area contributed by atoms with Gasteiger partial charge in [-0.05, 0) is 42.5 Å². The minimum Gasteiger partial charge on any atom is -0.348 e. The van der Waals surface area contributed by atoms with Gasteiger partial charge >= 0.3 is 5.76 Å². The number of aryl methyl sites for hydroxylation is 1. The van der Waals surface area contributed by atoms with E-state index in [1.165, 1.54) is 10.1 Å². The van der Waals surface area contributed by atoms with Crippen LogP contribution in [0.4, 0.5) is 0 Å². The largest absolute Gasteiger partial charge is 0.442 e. The highest BCUT2D eigenvalue weighted by molar-refractivity contribution is 6.33. The van der Waals surface area contributed by atoms with Crippen LogP contribution in [0.1, 0.15) is 30.0 Å². The number of rotatable bonds is 4. The zero-order chi connectivity index (χ0) is 18.8. The van der Waals surface area contributed by atoms with Crippen molar-refractivity contribution in [2.24, 2.45) is 0 Å². The van der Waals surface area contributed by atoms with Crippen LogP contribution in [-0.4, -0.2) is 15.6 Å². The summed E-state index contributed by atoms with van der Waals surface area (Å²) < 4.78 is 5.97. The summed E-state index contributed by atoms with van der Waals surface area (Å²) in [4.78, 5) is 24.7. The Morgan fingerprint density at radius 2 is 2.00 bits per heavy atom. The van der Waals surface area contributed by atoms with E-state index in [2.05, 4.69) is 16.5 Å². The molecule has 0 bridgehead atoms. The summed E-state index contributed by atoms with van der Waals surface area (Å²) in [5.41, 5.74) is 2.94. The van der Waals surface area contributed by atoms with Crippen LogP contribution in [-0.2, 0) is 17.8 Å². The van der Waals surface area contributed by atoms with Crippen LogP contribution < -0.4 is 11.1 Å². The number of hydrogen-bond acceptors (Lipinski definition) is 4. The van der Waals surface area contributed by atoms with Gasteiger partial charge in [0.05, 0.1) is 11.1 Å². The normalized spacial score (nSPS) is 16.0. The fraction of sp³-hybridized carbons (Fsp3) is 0.250. The summed E-state index contributed by atoms with van der Waals surface area (Å²) in [7, 11) is 0. The van der Waals surface area contributed by atoms with E-state index in [9.17, 15) is 9.59 Å². The maximum absolute atomic E-state index is 12.6. The molecule has 0 radical (unpaired) electrons. The topological polar surface area (TPSA) is 77.1 Å². The number of nitrogens with zero attached hydrogens (tertiary/aromatic N) is 2. The Hall–Kier alpha value is -2.86. The molecule has 27 heavy (non-hydrogen) atoms. The van der Waals surface area contributed by atoms with Crippen molar-refractivity contribution in [3.05, 3.63) is 75.2 Å². The fourth-order valence-corrected chi connectivity index (χ4v) is 3.75. The molecule has 7 heteroatoms. The zero-order valence-corrected chi connectivity index (χ0v) is 15.3. The Bertz CT molecular complexity index is 1040. The van der Waals surface area contributed by atoms with Crippen LogP contribution in [0.2, 0.25) is 5.02 Å². The van der Waals surface area contributed by atoms with E-state index in [0.717, 1.165) is 24.8 Å². The molecule has 6 nitrogen and oxygen atoms in total. The van der Waals surface area contributed by atoms with Crippen LogP contribution in [0, 0.1) is 0 Å². The first-order chi connectivity index (χ1) is 13.1. The van der Waals surface area contributed by atoms with E-state index in [1.807, 2.05) is 18.2 Å². The third-order valence-corrected chi connectivity index (χ3v) is 5.14. The monoisotopic (exact) mass is 383 g/mol. The second kappa shape index (κ2) is 7.40. The number of halogens is 1. The summed E-state index contributed by atoms with van der Waals surface area (Å²) in [6.07, 6.45) is 2.91. The van der Waals surface area contributed by atoms with Crippen molar-refractivity contribution in [3.8, 4) is 11.4 Å². The molecule has 1 unspecified atom stereocenters. The third kappa shape index (κ3) is 3.53. The number of carbonyl (C=O) groups excluding carboxylic acids is 1. The minimum atomic E-state index is -0.691. The smallest absolute Gasteiger partial charge is 0.348 e. The molecule has 1 aliphatic carbocycles. The molecule has 1 aromatic heterocycles. The lowest BCUT2D eigenvalue weighted by Crippen LogP contribution is -2.35. The number of fused-ring (bicyclic) bond motifs is 1.